The second kappa shape index (κ2) is 11.5. The summed E-state index contributed by atoms with van der Waals surface area (Å²) in [5.41, 5.74) is 2.42. The number of aromatic nitrogens is 3. The molecule has 1 atom stereocenters. The Bertz CT molecular complexity index is 1050. The number of anilines is 1. The molecular weight excluding hydrogens is 444 g/mol. The molecule has 3 aromatic rings. The van der Waals surface area contributed by atoms with E-state index in [1.807, 2.05) is 29.2 Å². The number of rotatable bonds is 9. The second-order valence-corrected chi connectivity index (χ2v) is 9.73. The van der Waals surface area contributed by atoms with Crippen LogP contribution in [0.4, 0.5) is 5.69 Å². The van der Waals surface area contributed by atoms with E-state index in [0.29, 0.717) is 12.3 Å². The summed E-state index contributed by atoms with van der Waals surface area (Å²) < 4.78 is 2.18. The molecule has 0 saturated carbocycles. The topological polar surface area (TPSA) is 57.5 Å². The number of carbonyl (C=O) groups excluding carboxylic acids is 1. The first-order valence-electron chi connectivity index (χ1n) is 11.9. The average Bonchev–Trinajstić information content (AvgIpc) is 3.26. The predicted octanol–water partition coefficient (Wildman–Crippen LogP) is 3.78. The van der Waals surface area contributed by atoms with Crippen molar-refractivity contribution in [2.45, 2.75) is 31.1 Å². The summed E-state index contributed by atoms with van der Waals surface area (Å²) in [5.74, 6) is 1.48. The number of nitrogens with zero attached hydrogens (tertiary/aromatic N) is 6. The van der Waals surface area contributed by atoms with Crippen LogP contribution in [0.15, 0.2) is 65.8 Å². The molecule has 0 aliphatic carbocycles. The summed E-state index contributed by atoms with van der Waals surface area (Å²) in [5, 5.41) is 9.86. The van der Waals surface area contributed by atoms with E-state index in [4.69, 9.17) is 0 Å². The highest BCUT2D eigenvalue weighted by Crippen LogP contribution is 2.26. The summed E-state index contributed by atoms with van der Waals surface area (Å²) in [7, 11) is 4.14. The quantitative estimate of drug-likeness (QED) is 0.436. The van der Waals surface area contributed by atoms with Crippen LogP contribution in [0.1, 0.15) is 30.8 Å². The number of benzene rings is 2. The number of carbonyl (C=O) groups is 1. The van der Waals surface area contributed by atoms with Gasteiger partial charge in [0.25, 0.3) is 0 Å². The van der Waals surface area contributed by atoms with Gasteiger partial charge < -0.3 is 14.4 Å². The van der Waals surface area contributed by atoms with Gasteiger partial charge in [-0.15, -0.1) is 10.2 Å². The molecule has 180 valence electrons. The van der Waals surface area contributed by atoms with E-state index < -0.39 is 0 Å². The summed E-state index contributed by atoms with van der Waals surface area (Å²) in [6.45, 7) is 6.06. The standard InChI is InChI=1S/C26H34N6OS/c1-4-23(29(2)3)25-27-28-26(32(25)19-21-11-7-5-8-12-21)34-20-24(33)31-17-15-30(16-18-31)22-13-9-6-10-14-22/h5-14,23H,4,15-20H2,1-3H3. The fourth-order valence-corrected chi connectivity index (χ4v) is 5.26. The molecule has 1 aliphatic heterocycles. The highest BCUT2D eigenvalue weighted by molar-refractivity contribution is 7.99. The maximum atomic E-state index is 13.0. The van der Waals surface area contributed by atoms with Gasteiger partial charge in [0.1, 0.15) is 0 Å². The SMILES string of the molecule is CCC(c1nnc(SCC(=O)N2CCN(c3ccccc3)CC2)n1Cc1ccccc1)N(C)C. The van der Waals surface area contributed by atoms with Crippen molar-refractivity contribution in [1.82, 2.24) is 24.6 Å². The molecule has 1 saturated heterocycles. The Balaban J connectivity index is 1.42. The molecule has 1 aliphatic rings. The van der Waals surface area contributed by atoms with Crippen LogP contribution in [0.5, 0.6) is 0 Å². The lowest BCUT2D eigenvalue weighted by atomic mass is 10.2. The number of hydrogen-bond donors (Lipinski definition) is 0. The first-order valence-corrected chi connectivity index (χ1v) is 12.9. The van der Waals surface area contributed by atoms with Gasteiger partial charge >= 0.3 is 0 Å². The molecule has 7 nitrogen and oxygen atoms in total. The van der Waals surface area contributed by atoms with Crippen LogP contribution in [-0.4, -0.2) is 76.5 Å². The molecule has 1 aromatic heterocycles. The van der Waals surface area contributed by atoms with E-state index in [1.165, 1.54) is 23.0 Å². The van der Waals surface area contributed by atoms with Crippen LogP contribution in [0.25, 0.3) is 0 Å². The normalized spacial score (nSPS) is 15.1. The smallest absolute Gasteiger partial charge is 0.233 e. The van der Waals surface area contributed by atoms with Crippen molar-refractivity contribution in [3.63, 3.8) is 0 Å². The van der Waals surface area contributed by atoms with Crippen molar-refractivity contribution in [3.8, 4) is 0 Å². The molecule has 0 bridgehead atoms. The van der Waals surface area contributed by atoms with Crippen molar-refractivity contribution in [2.24, 2.45) is 0 Å². The molecule has 1 amide bonds. The first kappa shape index (κ1) is 24.3. The minimum Gasteiger partial charge on any atom is -0.368 e. The zero-order chi connectivity index (χ0) is 23.9. The first-order chi connectivity index (χ1) is 16.6. The van der Waals surface area contributed by atoms with Crippen LogP contribution in [0.3, 0.4) is 0 Å². The van der Waals surface area contributed by atoms with Gasteiger partial charge in [0.2, 0.25) is 5.91 Å². The molecule has 1 fully saturated rings. The van der Waals surface area contributed by atoms with Gasteiger partial charge in [-0.1, -0.05) is 67.2 Å². The Morgan fingerprint density at radius 2 is 1.62 bits per heavy atom. The predicted molar refractivity (Wildman–Crippen MR) is 138 cm³/mol. The Morgan fingerprint density at radius 1 is 0.971 bits per heavy atom. The van der Waals surface area contributed by atoms with Crippen molar-refractivity contribution in [3.05, 3.63) is 72.1 Å². The number of para-hydroxylation sites is 1. The largest absolute Gasteiger partial charge is 0.368 e. The maximum Gasteiger partial charge on any atom is 0.233 e. The van der Waals surface area contributed by atoms with E-state index >= 15 is 0 Å². The maximum absolute atomic E-state index is 13.0. The minimum absolute atomic E-state index is 0.160. The van der Waals surface area contributed by atoms with E-state index in [-0.39, 0.29) is 11.9 Å². The fourth-order valence-electron chi connectivity index (χ4n) is 4.42. The Kier molecular flexibility index (Phi) is 8.24. The Labute approximate surface area is 206 Å². The van der Waals surface area contributed by atoms with Crippen LogP contribution >= 0.6 is 11.8 Å². The van der Waals surface area contributed by atoms with Gasteiger partial charge in [0.15, 0.2) is 11.0 Å². The second-order valence-electron chi connectivity index (χ2n) is 8.79. The van der Waals surface area contributed by atoms with E-state index in [1.54, 1.807) is 0 Å². The lowest BCUT2D eigenvalue weighted by Gasteiger charge is -2.36. The highest BCUT2D eigenvalue weighted by Gasteiger charge is 2.25. The Morgan fingerprint density at radius 3 is 2.24 bits per heavy atom. The van der Waals surface area contributed by atoms with Crippen molar-refractivity contribution in [1.29, 1.82) is 0 Å². The molecule has 0 N–H and O–H groups in total. The lowest BCUT2D eigenvalue weighted by Crippen LogP contribution is -2.49. The molecule has 0 radical (unpaired) electrons. The summed E-state index contributed by atoms with van der Waals surface area (Å²) in [4.78, 5) is 19.5. The highest BCUT2D eigenvalue weighted by atomic mass is 32.2. The molecule has 1 unspecified atom stereocenters. The molecule has 4 rings (SSSR count). The van der Waals surface area contributed by atoms with Crippen LogP contribution in [0, 0.1) is 0 Å². The minimum atomic E-state index is 0.160. The number of thioether (sulfide) groups is 1. The zero-order valence-corrected chi connectivity index (χ0v) is 21.1. The van der Waals surface area contributed by atoms with Crippen LogP contribution < -0.4 is 4.90 Å². The molecular formula is C26H34N6OS. The van der Waals surface area contributed by atoms with Crippen LogP contribution in [0.2, 0.25) is 0 Å². The average molecular weight is 479 g/mol. The molecule has 2 aromatic carbocycles. The number of piperazine rings is 1. The third kappa shape index (κ3) is 5.80. The number of amides is 1. The fraction of sp³-hybridized carbons (Fsp3) is 0.423. The Hall–Kier alpha value is -2.84. The summed E-state index contributed by atoms with van der Waals surface area (Å²) in [6, 6.07) is 20.9. The summed E-state index contributed by atoms with van der Waals surface area (Å²) in [6.07, 6.45) is 0.940. The molecule has 2 heterocycles. The van der Waals surface area contributed by atoms with Gasteiger partial charge in [-0.3, -0.25) is 9.69 Å². The van der Waals surface area contributed by atoms with E-state index in [9.17, 15) is 4.79 Å². The number of hydrogen-bond acceptors (Lipinski definition) is 6. The van der Waals surface area contributed by atoms with Gasteiger partial charge in [-0.25, -0.2) is 0 Å². The third-order valence-corrected chi connectivity index (χ3v) is 7.27. The zero-order valence-electron chi connectivity index (χ0n) is 20.3. The molecule has 34 heavy (non-hydrogen) atoms. The van der Waals surface area contributed by atoms with Crippen LogP contribution in [-0.2, 0) is 11.3 Å². The lowest BCUT2D eigenvalue weighted by molar-refractivity contribution is -0.128. The van der Waals surface area contributed by atoms with Gasteiger partial charge in [-0.2, -0.15) is 0 Å². The molecule has 8 heteroatoms. The van der Waals surface area contributed by atoms with Gasteiger partial charge in [0.05, 0.1) is 18.3 Å². The van der Waals surface area contributed by atoms with Crippen molar-refractivity contribution < 1.29 is 4.79 Å². The van der Waals surface area contributed by atoms with Crippen molar-refractivity contribution in [2.75, 3.05) is 50.9 Å². The third-order valence-electron chi connectivity index (χ3n) is 6.32. The monoisotopic (exact) mass is 478 g/mol. The molecule has 0 spiro atoms. The van der Waals surface area contributed by atoms with Crippen molar-refractivity contribution >= 4 is 23.4 Å². The van der Waals surface area contributed by atoms with E-state index in [2.05, 4.69) is 82.0 Å². The van der Waals surface area contributed by atoms with Gasteiger partial charge in [-0.05, 0) is 38.2 Å². The van der Waals surface area contributed by atoms with E-state index in [0.717, 1.165) is 43.6 Å². The van der Waals surface area contributed by atoms with Gasteiger partial charge in [0, 0.05) is 31.9 Å². The summed E-state index contributed by atoms with van der Waals surface area (Å²) >= 11 is 1.49.